The van der Waals surface area contributed by atoms with Crippen molar-refractivity contribution in [2.45, 2.75) is 68.2 Å². The molecule has 0 radical (unpaired) electrons. The van der Waals surface area contributed by atoms with E-state index >= 15 is 0 Å². The van der Waals surface area contributed by atoms with Gasteiger partial charge in [0.15, 0.2) is 0 Å². The summed E-state index contributed by atoms with van der Waals surface area (Å²) in [6, 6.07) is 0. The summed E-state index contributed by atoms with van der Waals surface area (Å²) in [6.45, 7) is 25.3. The summed E-state index contributed by atoms with van der Waals surface area (Å²) in [5, 5.41) is 0. The third-order valence-electron chi connectivity index (χ3n) is 6.26. The van der Waals surface area contributed by atoms with Crippen LogP contribution in [0.4, 0.5) is 0 Å². The Morgan fingerprint density at radius 2 is 1.75 bits per heavy atom. The van der Waals surface area contributed by atoms with Gasteiger partial charge in [0.05, 0.1) is 5.76 Å². The van der Waals surface area contributed by atoms with E-state index in [1.54, 1.807) is 6.08 Å². The zero-order valence-electron chi connectivity index (χ0n) is 23.8. The molecule has 0 atom stereocenters. The van der Waals surface area contributed by atoms with Gasteiger partial charge in [-0.3, -0.25) is 0 Å². The second kappa shape index (κ2) is 15.7. The zero-order valence-corrected chi connectivity index (χ0v) is 23.8. The normalized spacial score (nSPS) is 21.2. The van der Waals surface area contributed by atoms with E-state index in [4.69, 9.17) is 9.47 Å². The number of rotatable bonds is 12. The van der Waals surface area contributed by atoms with Crippen molar-refractivity contribution >= 4 is 0 Å². The lowest BCUT2D eigenvalue weighted by atomic mass is 9.75. The first-order valence-electron chi connectivity index (χ1n) is 12.7. The van der Waals surface area contributed by atoms with Gasteiger partial charge in [-0.2, -0.15) is 0 Å². The first kappa shape index (κ1) is 30.8. The highest BCUT2D eigenvalue weighted by molar-refractivity contribution is 5.43. The Morgan fingerprint density at radius 3 is 2.36 bits per heavy atom. The average molecular weight is 487 g/mol. The first-order valence-corrected chi connectivity index (χ1v) is 12.7. The largest absolute Gasteiger partial charge is 0.494 e. The summed E-state index contributed by atoms with van der Waals surface area (Å²) in [7, 11) is 0. The second-order valence-electron chi connectivity index (χ2n) is 9.62. The van der Waals surface area contributed by atoms with Crippen LogP contribution in [0.5, 0.6) is 0 Å². The third-order valence-corrected chi connectivity index (χ3v) is 6.26. The molecule has 1 rings (SSSR count). The molecule has 0 aromatic rings. The molecule has 0 spiro atoms. The number of hydrogen-bond acceptors (Lipinski definition) is 2. The van der Waals surface area contributed by atoms with Gasteiger partial charge in [-0.25, -0.2) is 0 Å². The molecule has 0 aliphatic heterocycles. The lowest BCUT2D eigenvalue weighted by Crippen LogP contribution is -2.17. The minimum absolute atomic E-state index is 0.172. The van der Waals surface area contributed by atoms with Crippen molar-refractivity contribution in [3.8, 4) is 0 Å². The summed E-state index contributed by atoms with van der Waals surface area (Å²) in [6.07, 6.45) is 26.4. The molecule has 1 aliphatic rings. The van der Waals surface area contributed by atoms with Gasteiger partial charge in [0.25, 0.3) is 0 Å². The molecule has 36 heavy (non-hydrogen) atoms. The maximum atomic E-state index is 6.09. The monoisotopic (exact) mass is 486 g/mol. The molecule has 0 amide bonds. The quantitative estimate of drug-likeness (QED) is 0.202. The van der Waals surface area contributed by atoms with Crippen molar-refractivity contribution in [3.63, 3.8) is 0 Å². The summed E-state index contributed by atoms with van der Waals surface area (Å²) in [4.78, 5) is 0. The molecule has 0 bridgehead atoms. The summed E-state index contributed by atoms with van der Waals surface area (Å²) in [5.74, 6) is 2.48. The van der Waals surface area contributed by atoms with Crippen LogP contribution in [-0.4, -0.2) is 6.61 Å². The number of ether oxygens (including phenoxy) is 2. The highest BCUT2D eigenvalue weighted by Crippen LogP contribution is 2.39. The van der Waals surface area contributed by atoms with Crippen LogP contribution >= 0.6 is 0 Å². The van der Waals surface area contributed by atoms with Gasteiger partial charge in [0, 0.05) is 11.8 Å². The van der Waals surface area contributed by atoms with Gasteiger partial charge in [0.2, 0.25) is 0 Å². The lowest BCUT2D eigenvalue weighted by molar-refractivity contribution is 0.236. The van der Waals surface area contributed by atoms with Crippen LogP contribution in [0.2, 0.25) is 0 Å². The maximum Gasteiger partial charge on any atom is 0.126 e. The van der Waals surface area contributed by atoms with Crippen LogP contribution in [-0.2, 0) is 9.47 Å². The van der Waals surface area contributed by atoms with Crippen LogP contribution in [0, 0.1) is 5.41 Å². The molecule has 0 heterocycles. The molecular weight excluding hydrogens is 440 g/mol. The van der Waals surface area contributed by atoms with Gasteiger partial charge < -0.3 is 9.47 Å². The van der Waals surface area contributed by atoms with E-state index in [1.807, 2.05) is 45.1 Å². The molecule has 0 fully saturated rings. The Bertz CT molecular complexity index is 1060. The van der Waals surface area contributed by atoms with Crippen molar-refractivity contribution in [2.24, 2.45) is 5.41 Å². The van der Waals surface area contributed by atoms with Gasteiger partial charge in [-0.05, 0) is 95.6 Å². The highest BCUT2D eigenvalue weighted by Gasteiger charge is 2.25. The fraction of sp³-hybridized carbons (Fsp3) is 0.353. The Hall–Kier alpha value is -3.26. The minimum atomic E-state index is -0.172. The van der Waals surface area contributed by atoms with Crippen molar-refractivity contribution in [1.82, 2.24) is 0 Å². The molecule has 0 unspecified atom stereocenters. The minimum Gasteiger partial charge on any atom is -0.494 e. The fourth-order valence-corrected chi connectivity index (χ4v) is 3.57. The number of allylic oxidation sites excluding steroid dienone is 17. The van der Waals surface area contributed by atoms with Crippen LogP contribution < -0.4 is 0 Å². The van der Waals surface area contributed by atoms with Crippen LogP contribution in [0.25, 0.3) is 0 Å². The first-order chi connectivity index (χ1) is 17.0. The Balaban J connectivity index is 3.17. The van der Waals surface area contributed by atoms with Crippen LogP contribution in [0.15, 0.2) is 131 Å². The molecule has 0 N–H and O–H groups in total. The molecule has 0 saturated carbocycles. The zero-order chi connectivity index (χ0) is 27.1. The summed E-state index contributed by atoms with van der Waals surface area (Å²) < 4.78 is 12.1. The Labute approximate surface area is 220 Å². The standard InChI is InChI=1S/C34H46O2/c1-11-27(6)17-16-24-35-32-18-14-15-19-33(28(7)25-32)34(9,10)29(8)21-23-31(13-3)36-30(12-2)22-20-26(4)5/h11-13,15-17,19-23,25H,3-4,14,18,24H2,1-2,5-10H3/b17-16-,19-15-,22-20-,27-11-,29-21+,30-12+,31-23+,32-25+,33-28+. The van der Waals surface area contributed by atoms with E-state index in [1.165, 1.54) is 22.3 Å². The topological polar surface area (TPSA) is 18.5 Å². The molecule has 0 saturated heterocycles. The molecule has 2 heteroatoms. The van der Waals surface area contributed by atoms with Crippen LogP contribution in [0.1, 0.15) is 68.2 Å². The van der Waals surface area contributed by atoms with Crippen molar-refractivity contribution in [2.75, 3.05) is 6.61 Å². The van der Waals surface area contributed by atoms with Crippen LogP contribution in [0.3, 0.4) is 0 Å². The van der Waals surface area contributed by atoms with Gasteiger partial charge in [-0.15, -0.1) is 0 Å². The van der Waals surface area contributed by atoms with Gasteiger partial charge in [-0.1, -0.05) is 80.2 Å². The van der Waals surface area contributed by atoms with E-state index in [0.29, 0.717) is 12.4 Å². The maximum absolute atomic E-state index is 6.09. The molecule has 1 aliphatic carbocycles. The van der Waals surface area contributed by atoms with Crippen molar-refractivity contribution in [3.05, 3.63) is 131 Å². The average Bonchev–Trinajstić information content (AvgIpc) is 2.83. The van der Waals surface area contributed by atoms with Crippen molar-refractivity contribution < 1.29 is 9.47 Å². The fourth-order valence-electron chi connectivity index (χ4n) is 3.57. The predicted octanol–water partition coefficient (Wildman–Crippen LogP) is 10.2. The molecular formula is C34H46O2. The van der Waals surface area contributed by atoms with Gasteiger partial charge >= 0.3 is 0 Å². The number of hydrogen-bond donors (Lipinski definition) is 0. The van der Waals surface area contributed by atoms with E-state index in [0.717, 1.165) is 29.9 Å². The molecule has 0 aromatic carbocycles. The lowest BCUT2D eigenvalue weighted by Gasteiger charge is -2.30. The molecule has 194 valence electrons. The molecule has 0 aromatic heterocycles. The van der Waals surface area contributed by atoms with E-state index in [-0.39, 0.29) is 5.41 Å². The summed E-state index contributed by atoms with van der Waals surface area (Å²) >= 11 is 0. The summed E-state index contributed by atoms with van der Waals surface area (Å²) in [5.41, 5.74) is 5.76. The SMILES string of the molecule is C=C/C(=C\C=C(/C)C(C)(C)C1=C(C)/C=C(/OC/C=C\C(C)=C/C)CC/C=C\1)OC(/C=C\C(=C)C)=C/C. The van der Waals surface area contributed by atoms with E-state index in [2.05, 4.69) is 90.3 Å². The highest BCUT2D eigenvalue weighted by atomic mass is 16.5. The second-order valence-corrected chi connectivity index (χ2v) is 9.62. The third kappa shape index (κ3) is 10.6. The van der Waals surface area contributed by atoms with Crippen molar-refractivity contribution in [1.29, 1.82) is 0 Å². The Morgan fingerprint density at radius 1 is 1.03 bits per heavy atom. The van der Waals surface area contributed by atoms with E-state index in [9.17, 15) is 0 Å². The van der Waals surface area contributed by atoms with E-state index < -0.39 is 0 Å². The van der Waals surface area contributed by atoms with Gasteiger partial charge in [0.1, 0.15) is 18.1 Å². The smallest absolute Gasteiger partial charge is 0.126 e. The predicted molar refractivity (Wildman–Crippen MR) is 158 cm³/mol. The molecule has 2 nitrogen and oxygen atoms in total. The Kier molecular flexibility index (Phi) is 13.4.